The molecule has 0 fully saturated rings. The molecule has 0 unspecified atom stereocenters. The average molecular weight is 241 g/mol. The van der Waals surface area contributed by atoms with E-state index < -0.39 is 0 Å². The first-order valence-electron chi connectivity index (χ1n) is 5.21. The number of halogens is 1. The average Bonchev–Trinajstić information content (AvgIpc) is 2.75. The summed E-state index contributed by atoms with van der Waals surface area (Å²) >= 11 is 5.76. The van der Waals surface area contributed by atoms with Crippen LogP contribution >= 0.6 is 11.6 Å². The summed E-state index contributed by atoms with van der Waals surface area (Å²) in [5.74, 6) is 1.43. The number of tetrazole rings is 1. The van der Waals surface area contributed by atoms with Crippen molar-refractivity contribution >= 4 is 23.1 Å². The lowest BCUT2D eigenvalue weighted by atomic mass is 10.4. The Morgan fingerprint density at radius 2 is 2.25 bits per heavy atom. The van der Waals surface area contributed by atoms with Gasteiger partial charge in [0.1, 0.15) is 0 Å². The molecule has 0 aliphatic heterocycles. The van der Waals surface area contributed by atoms with Gasteiger partial charge in [0.15, 0.2) is 11.5 Å². The van der Waals surface area contributed by atoms with E-state index in [-0.39, 0.29) is 0 Å². The molecule has 0 aliphatic carbocycles. The molecule has 86 valence electrons. The zero-order chi connectivity index (χ0) is 11.4. The molecule has 2 rings (SSSR count). The molecule has 0 saturated heterocycles. The van der Waals surface area contributed by atoms with Gasteiger partial charge in [-0.2, -0.15) is 0 Å². The number of aromatic nitrogens is 5. The Hall–Kier alpha value is -1.43. The van der Waals surface area contributed by atoms with E-state index in [0.717, 1.165) is 25.3 Å². The van der Waals surface area contributed by atoms with Gasteiger partial charge < -0.3 is 4.90 Å². The van der Waals surface area contributed by atoms with Crippen molar-refractivity contribution in [2.45, 2.75) is 13.3 Å². The molecule has 7 heteroatoms. The summed E-state index contributed by atoms with van der Waals surface area (Å²) in [5, 5.41) is 15.4. The van der Waals surface area contributed by atoms with E-state index >= 15 is 0 Å². The van der Waals surface area contributed by atoms with E-state index in [1.807, 2.05) is 12.1 Å². The maximum absolute atomic E-state index is 5.76. The predicted octanol–water partition coefficient (Wildman–Crippen LogP) is 0.974. The third kappa shape index (κ3) is 2.21. The summed E-state index contributed by atoms with van der Waals surface area (Å²) in [7, 11) is 0. The summed E-state index contributed by atoms with van der Waals surface area (Å²) in [5.41, 5.74) is 0.645. The normalized spacial score (nSPS) is 10.9. The number of hydrogen-bond donors (Lipinski definition) is 0. The second-order valence-corrected chi connectivity index (χ2v) is 3.77. The van der Waals surface area contributed by atoms with Gasteiger partial charge in [0.05, 0.1) is 0 Å². The highest BCUT2D eigenvalue weighted by Crippen LogP contribution is 2.10. The molecule has 16 heavy (non-hydrogen) atoms. The highest BCUT2D eigenvalue weighted by Gasteiger charge is 2.08. The first-order valence-corrected chi connectivity index (χ1v) is 5.75. The van der Waals surface area contributed by atoms with Crippen LogP contribution in [-0.2, 0) is 0 Å². The van der Waals surface area contributed by atoms with Crippen molar-refractivity contribution in [2.24, 2.45) is 0 Å². The minimum absolute atomic E-state index is 0.579. The quantitative estimate of drug-likeness (QED) is 0.729. The van der Waals surface area contributed by atoms with E-state index in [2.05, 4.69) is 32.4 Å². The minimum atomic E-state index is 0.579. The van der Waals surface area contributed by atoms with Crippen LogP contribution in [0.4, 0.5) is 5.82 Å². The van der Waals surface area contributed by atoms with Crippen LogP contribution in [-0.4, -0.2) is 44.2 Å². The topological polar surface area (TPSA) is 59.2 Å². The Kier molecular flexibility index (Phi) is 3.51. The molecule has 0 saturated carbocycles. The third-order valence-electron chi connectivity index (χ3n) is 2.23. The Bertz CT molecular complexity index is 450. The van der Waals surface area contributed by atoms with Crippen LogP contribution in [0.2, 0.25) is 0 Å². The van der Waals surface area contributed by atoms with Crippen LogP contribution in [0.1, 0.15) is 13.3 Å². The lowest BCUT2D eigenvalue weighted by Crippen LogP contribution is -2.27. The van der Waals surface area contributed by atoms with Crippen molar-refractivity contribution in [2.75, 3.05) is 23.9 Å². The summed E-state index contributed by atoms with van der Waals surface area (Å²) in [4.78, 5) is 2.12. The molecule has 0 spiro atoms. The van der Waals surface area contributed by atoms with Gasteiger partial charge in [-0.05, 0) is 29.0 Å². The van der Waals surface area contributed by atoms with Crippen LogP contribution in [0.15, 0.2) is 12.1 Å². The number of alkyl halides is 1. The van der Waals surface area contributed by atoms with Crippen molar-refractivity contribution in [3.8, 4) is 0 Å². The third-order valence-corrected chi connectivity index (χ3v) is 2.40. The van der Waals surface area contributed by atoms with Crippen molar-refractivity contribution in [3.05, 3.63) is 12.1 Å². The monoisotopic (exact) mass is 240 g/mol. The predicted molar refractivity (Wildman–Crippen MR) is 61.8 cm³/mol. The van der Waals surface area contributed by atoms with Crippen LogP contribution in [0.5, 0.6) is 0 Å². The van der Waals surface area contributed by atoms with E-state index in [9.17, 15) is 0 Å². The van der Waals surface area contributed by atoms with Gasteiger partial charge in [-0.15, -0.1) is 26.4 Å². The zero-order valence-electron chi connectivity index (χ0n) is 9.04. The Balaban J connectivity index is 2.28. The first kappa shape index (κ1) is 11.1. The highest BCUT2D eigenvalue weighted by molar-refractivity contribution is 6.18. The summed E-state index contributed by atoms with van der Waals surface area (Å²) in [6.45, 7) is 3.82. The summed E-state index contributed by atoms with van der Waals surface area (Å²) in [6.07, 6.45) is 1.05. The first-order chi connectivity index (χ1) is 7.85. The summed E-state index contributed by atoms with van der Waals surface area (Å²) < 4.78 is 1.42. The van der Waals surface area contributed by atoms with Gasteiger partial charge >= 0.3 is 0 Å². The fraction of sp³-hybridized carbons (Fsp3) is 0.556. The maximum Gasteiger partial charge on any atom is 0.200 e. The molecular formula is C9H13ClN6. The zero-order valence-corrected chi connectivity index (χ0v) is 9.80. The molecular weight excluding hydrogens is 228 g/mol. The number of fused-ring (bicyclic) bond motifs is 1. The standard InChI is InChI=1S/C9H13ClN6/c1-2-6-15(7-5-10)9-4-3-8-11-13-14-16(8)12-9/h3-4H,2,5-7H2,1H3. The van der Waals surface area contributed by atoms with E-state index in [0.29, 0.717) is 11.5 Å². The molecule has 2 aromatic rings. The van der Waals surface area contributed by atoms with Crippen molar-refractivity contribution in [3.63, 3.8) is 0 Å². The van der Waals surface area contributed by atoms with Gasteiger partial charge in [0.2, 0.25) is 0 Å². The van der Waals surface area contributed by atoms with E-state index in [4.69, 9.17) is 11.6 Å². The molecule has 0 amide bonds. The second-order valence-electron chi connectivity index (χ2n) is 3.39. The molecule has 0 N–H and O–H groups in total. The smallest absolute Gasteiger partial charge is 0.200 e. The van der Waals surface area contributed by atoms with Crippen LogP contribution < -0.4 is 4.90 Å². The van der Waals surface area contributed by atoms with E-state index in [1.165, 1.54) is 4.63 Å². The molecule has 6 nitrogen and oxygen atoms in total. The number of nitrogens with zero attached hydrogens (tertiary/aromatic N) is 6. The molecule has 0 atom stereocenters. The molecule has 0 aromatic carbocycles. The van der Waals surface area contributed by atoms with Crippen molar-refractivity contribution in [1.82, 2.24) is 25.3 Å². The van der Waals surface area contributed by atoms with E-state index in [1.54, 1.807) is 0 Å². The highest BCUT2D eigenvalue weighted by atomic mass is 35.5. The number of hydrogen-bond acceptors (Lipinski definition) is 5. The Morgan fingerprint density at radius 1 is 1.38 bits per heavy atom. The molecule has 0 aliphatic rings. The maximum atomic E-state index is 5.76. The fourth-order valence-electron chi connectivity index (χ4n) is 1.52. The lowest BCUT2D eigenvalue weighted by Gasteiger charge is -2.21. The molecule has 0 bridgehead atoms. The molecule has 2 aromatic heterocycles. The fourth-order valence-corrected chi connectivity index (χ4v) is 1.73. The Morgan fingerprint density at radius 3 is 3.00 bits per heavy atom. The van der Waals surface area contributed by atoms with Crippen LogP contribution in [0.25, 0.3) is 5.65 Å². The lowest BCUT2D eigenvalue weighted by molar-refractivity contribution is 0.704. The minimum Gasteiger partial charge on any atom is -0.354 e. The molecule has 2 heterocycles. The van der Waals surface area contributed by atoms with Gasteiger partial charge in [-0.3, -0.25) is 0 Å². The number of anilines is 1. The Labute approximate surface area is 98.2 Å². The number of rotatable bonds is 5. The van der Waals surface area contributed by atoms with Crippen molar-refractivity contribution < 1.29 is 0 Å². The van der Waals surface area contributed by atoms with Gasteiger partial charge in [0.25, 0.3) is 0 Å². The van der Waals surface area contributed by atoms with Crippen molar-refractivity contribution in [1.29, 1.82) is 0 Å². The largest absolute Gasteiger partial charge is 0.354 e. The van der Waals surface area contributed by atoms with Crippen LogP contribution in [0.3, 0.4) is 0 Å². The van der Waals surface area contributed by atoms with Crippen LogP contribution in [0, 0.1) is 0 Å². The van der Waals surface area contributed by atoms with Gasteiger partial charge in [-0.1, -0.05) is 6.92 Å². The SMILES string of the molecule is CCCN(CCCl)c1ccc2nnnn2n1. The van der Waals surface area contributed by atoms with Gasteiger partial charge in [-0.25, -0.2) is 0 Å². The second kappa shape index (κ2) is 5.07. The molecule has 0 radical (unpaired) electrons. The van der Waals surface area contributed by atoms with Gasteiger partial charge in [0, 0.05) is 19.0 Å². The summed E-state index contributed by atoms with van der Waals surface area (Å²) in [6, 6.07) is 3.76.